The first-order valence-corrected chi connectivity index (χ1v) is 12.1. The average Bonchev–Trinajstić information content (AvgIpc) is 3.21. The molecule has 0 amide bonds. The molecule has 3 heterocycles. The number of benzene rings is 2. The first kappa shape index (κ1) is 24.3. The third-order valence-corrected chi connectivity index (χ3v) is 6.90. The van der Waals surface area contributed by atoms with Crippen LogP contribution in [0.1, 0.15) is 26.2 Å². The van der Waals surface area contributed by atoms with Crippen molar-refractivity contribution in [3.8, 4) is 17.2 Å². The van der Waals surface area contributed by atoms with Gasteiger partial charge in [0.1, 0.15) is 37.1 Å². The number of ether oxygens (including phenoxy) is 3. The van der Waals surface area contributed by atoms with E-state index in [1.54, 1.807) is 24.3 Å². The molecular formula is C26H28F3N3O4. The van der Waals surface area contributed by atoms with Gasteiger partial charge in [-0.25, -0.2) is 0 Å². The number of alkyl halides is 3. The summed E-state index contributed by atoms with van der Waals surface area (Å²) in [5.41, 5.74) is 0.655. The van der Waals surface area contributed by atoms with Gasteiger partial charge in [0.2, 0.25) is 0 Å². The van der Waals surface area contributed by atoms with E-state index in [1.165, 1.54) is 11.9 Å². The van der Waals surface area contributed by atoms with Crippen LogP contribution in [-0.4, -0.2) is 56.6 Å². The molecule has 192 valence electrons. The van der Waals surface area contributed by atoms with Crippen molar-refractivity contribution in [3.63, 3.8) is 0 Å². The van der Waals surface area contributed by atoms with E-state index in [0.717, 1.165) is 43.1 Å². The number of carbonyl (C=O) groups is 1. The lowest BCUT2D eigenvalue weighted by Gasteiger charge is -2.35. The van der Waals surface area contributed by atoms with Gasteiger partial charge in [0, 0.05) is 38.3 Å². The van der Waals surface area contributed by atoms with Crippen molar-refractivity contribution in [1.82, 2.24) is 0 Å². The second-order valence-electron chi connectivity index (χ2n) is 9.19. The molecule has 1 saturated heterocycles. The summed E-state index contributed by atoms with van der Waals surface area (Å²) in [7, 11) is 0. The maximum atomic E-state index is 13.4. The first-order chi connectivity index (χ1) is 17.3. The van der Waals surface area contributed by atoms with Crippen LogP contribution in [0.15, 0.2) is 47.6 Å². The monoisotopic (exact) mass is 503 g/mol. The van der Waals surface area contributed by atoms with E-state index in [0.29, 0.717) is 30.9 Å². The largest absolute Gasteiger partial charge is 0.490 e. The molecule has 0 N–H and O–H groups in total. The van der Waals surface area contributed by atoms with Crippen LogP contribution in [0.5, 0.6) is 17.2 Å². The maximum Gasteiger partial charge on any atom is 0.431 e. The third kappa shape index (κ3) is 4.81. The van der Waals surface area contributed by atoms with E-state index >= 15 is 0 Å². The number of hydrazone groups is 1. The molecule has 0 saturated carbocycles. The highest BCUT2D eigenvalue weighted by Gasteiger charge is 2.48. The molecule has 2 aromatic rings. The summed E-state index contributed by atoms with van der Waals surface area (Å²) in [6.07, 6.45) is -2.29. The molecule has 2 atom stereocenters. The zero-order valence-corrected chi connectivity index (χ0v) is 19.9. The number of para-hydroxylation sites is 1. The standard InChI is InChI=1S/C26H28F3N3O4/c1-17-21(11-14-33)32(30-25(17)26(27,28)29)18-5-7-19(8-6-18)36-20-9-12-31(13-10-20)22-3-2-4-23-24(22)35-16-15-34-23/h2-8,14,17,20-21H,9-13,15-16H2,1H3/t17?,21-/m0/s1. The van der Waals surface area contributed by atoms with Gasteiger partial charge in [0.05, 0.1) is 17.4 Å². The van der Waals surface area contributed by atoms with Gasteiger partial charge in [0.15, 0.2) is 11.5 Å². The zero-order chi connectivity index (χ0) is 25.3. The van der Waals surface area contributed by atoms with Crippen molar-refractivity contribution >= 4 is 23.4 Å². The summed E-state index contributed by atoms with van der Waals surface area (Å²) in [4.78, 5) is 13.4. The van der Waals surface area contributed by atoms with Crippen molar-refractivity contribution in [1.29, 1.82) is 0 Å². The lowest BCUT2D eigenvalue weighted by atomic mass is 9.95. The normalized spacial score (nSPS) is 22.4. The zero-order valence-electron chi connectivity index (χ0n) is 19.9. The molecule has 0 radical (unpaired) electrons. The fraction of sp³-hybridized carbons (Fsp3) is 0.462. The van der Waals surface area contributed by atoms with Gasteiger partial charge < -0.3 is 23.9 Å². The summed E-state index contributed by atoms with van der Waals surface area (Å²) < 4.78 is 57.8. The highest BCUT2D eigenvalue weighted by Crippen LogP contribution is 2.41. The van der Waals surface area contributed by atoms with E-state index in [2.05, 4.69) is 10.0 Å². The van der Waals surface area contributed by atoms with Crippen LogP contribution >= 0.6 is 0 Å². The lowest BCUT2D eigenvalue weighted by molar-refractivity contribution is -0.108. The minimum absolute atomic E-state index is 0.0216. The van der Waals surface area contributed by atoms with Gasteiger partial charge in [-0.1, -0.05) is 13.0 Å². The van der Waals surface area contributed by atoms with Crippen molar-refractivity contribution in [2.24, 2.45) is 11.0 Å². The lowest BCUT2D eigenvalue weighted by Crippen LogP contribution is -2.38. The number of fused-ring (bicyclic) bond motifs is 1. The van der Waals surface area contributed by atoms with Gasteiger partial charge in [0.25, 0.3) is 0 Å². The third-order valence-electron chi connectivity index (χ3n) is 6.90. The number of nitrogens with zero attached hydrogens (tertiary/aromatic N) is 3. The Bertz CT molecular complexity index is 1110. The number of aldehydes is 1. The molecule has 2 aromatic carbocycles. The Hall–Kier alpha value is -3.43. The van der Waals surface area contributed by atoms with Crippen LogP contribution in [0.4, 0.5) is 24.5 Å². The number of carbonyl (C=O) groups excluding carboxylic acids is 1. The summed E-state index contributed by atoms with van der Waals surface area (Å²) in [5, 5.41) is 5.13. The molecule has 1 fully saturated rings. The molecule has 10 heteroatoms. The number of halogens is 3. The van der Waals surface area contributed by atoms with E-state index in [-0.39, 0.29) is 12.5 Å². The fourth-order valence-corrected chi connectivity index (χ4v) is 5.03. The van der Waals surface area contributed by atoms with Crippen LogP contribution in [0.3, 0.4) is 0 Å². The van der Waals surface area contributed by atoms with Crippen molar-refractivity contribution in [3.05, 3.63) is 42.5 Å². The van der Waals surface area contributed by atoms with Crippen LogP contribution in [0.25, 0.3) is 0 Å². The summed E-state index contributed by atoms with van der Waals surface area (Å²) in [6.45, 7) is 4.14. The minimum atomic E-state index is -4.54. The SMILES string of the molecule is CC1C(C(F)(F)F)=NN(c2ccc(OC3CCN(c4cccc5c4OCCO5)CC3)cc2)[C@H]1CC=O. The van der Waals surface area contributed by atoms with Crippen LogP contribution in [-0.2, 0) is 4.79 Å². The summed E-state index contributed by atoms with van der Waals surface area (Å²) >= 11 is 0. The minimum Gasteiger partial charge on any atom is -0.490 e. The van der Waals surface area contributed by atoms with Gasteiger partial charge in [-0.15, -0.1) is 0 Å². The van der Waals surface area contributed by atoms with Gasteiger partial charge >= 0.3 is 6.18 Å². The Morgan fingerprint density at radius 3 is 2.50 bits per heavy atom. The van der Waals surface area contributed by atoms with Gasteiger partial charge in [-0.2, -0.15) is 18.3 Å². The van der Waals surface area contributed by atoms with Crippen molar-refractivity contribution in [2.45, 2.75) is 44.5 Å². The Balaban J connectivity index is 1.22. The smallest absolute Gasteiger partial charge is 0.431 e. The molecule has 36 heavy (non-hydrogen) atoms. The van der Waals surface area contributed by atoms with Crippen LogP contribution < -0.4 is 24.1 Å². The molecule has 0 aliphatic carbocycles. The molecule has 3 aliphatic heterocycles. The number of piperidine rings is 1. The summed E-state index contributed by atoms with van der Waals surface area (Å²) in [5.74, 6) is 1.31. The van der Waals surface area contributed by atoms with E-state index in [4.69, 9.17) is 14.2 Å². The van der Waals surface area contributed by atoms with Crippen LogP contribution in [0, 0.1) is 5.92 Å². The number of rotatable bonds is 6. The van der Waals surface area contributed by atoms with Gasteiger partial charge in [-0.3, -0.25) is 5.01 Å². The molecular weight excluding hydrogens is 475 g/mol. The highest BCUT2D eigenvalue weighted by atomic mass is 19.4. The van der Waals surface area contributed by atoms with E-state index in [9.17, 15) is 18.0 Å². The number of hydrogen-bond donors (Lipinski definition) is 0. The maximum absolute atomic E-state index is 13.4. The van der Waals surface area contributed by atoms with Crippen molar-refractivity contribution < 1.29 is 32.2 Å². The Labute approximate surface area is 207 Å². The predicted molar refractivity (Wildman–Crippen MR) is 129 cm³/mol. The number of anilines is 2. The molecule has 3 aliphatic rings. The highest BCUT2D eigenvalue weighted by molar-refractivity contribution is 5.95. The second kappa shape index (κ2) is 9.91. The Kier molecular flexibility index (Phi) is 6.68. The fourth-order valence-electron chi connectivity index (χ4n) is 5.03. The second-order valence-corrected chi connectivity index (χ2v) is 9.19. The predicted octanol–water partition coefficient (Wildman–Crippen LogP) is 4.84. The molecule has 7 nitrogen and oxygen atoms in total. The van der Waals surface area contributed by atoms with E-state index in [1.807, 2.05) is 18.2 Å². The Morgan fingerprint density at radius 2 is 1.81 bits per heavy atom. The molecule has 0 spiro atoms. The molecule has 0 bridgehead atoms. The summed E-state index contributed by atoms with van der Waals surface area (Å²) in [6, 6.07) is 12.1. The molecule has 5 rings (SSSR count). The molecule has 1 unspecified atom stereocenters. The van der Waals surface area contributed by atoms with E-state index < -0.39 is 23.8 Å². The molecule has 0 aromatic heterocycles. The number of hydrogen-bond acceptors (Lipinski definition) is 7. The first-order valence-electron chi connectivity index (χ1n) is 12.1. The quantitative estimate of drug-likeness (QED) is 0.526. The van der Waals surface area contributed by atoms with Crippen LogP contribution in [0.2, 0.25) is 0 Å². The average molecular weight is 504 g/mol. The van der Waals surface area contributed by atoms with Crippen molar-refractivity contribution in [2.75, 3.05) is 36.2 Å². The Morgan fingerprint density at radius 1 is 1.08 bits per heavy atom. The van der Waals surface area contributed by atoms with Gasteiger partial charge in [-0.05, 0) is 36.4 Å². The topological polar surface area (TPSA) is 63.6 Å².